The fourth-order valence-electron chi connectivity index (χ4n) is 2.87. The molecule has 140 valence electrons. The van der Waals surface area contributed by atoms with Crippen LogP contribution < -0.4 is 10.6 Å². The molecule has 26 heavy (non-hydrogen) atoms. The summed E-state index contributed by atoms with van der Waals surface area (Å²) in [5, 5.41) is 15.0. The van der Waals surface area contributed by atoms with Crippen molar-refractivity contribution in [3.05, 3.63) is 29.8 Å². The van der Waals surface area contributed by atoms with E-state index in [0.29, 0.717) is 16.3 Å². The number of hydrogen-bond acceptors (Lipinski definition) is 7. The van der Waals surface area contributed by atoms with Gasteiger partial charge >= 0.3 is 10.2 Å². The van der Waals surface area contributed by atoms with Gasteiger partial charge in [-0.05, 0) is 37.1 Å². The van der Waals surface area contributed by atoms with Crippen LogP contribution in [0.1, 0.15) is 48.9 Å². The summed E-state index contributed by atoms with van der Waals surface area (Å²) in [6, 6.07) is 4.96. The third-order valence-corrected chi connectivity index (χ3v) is 5.83. The first-order chi connectivity index (χ1) is 12.4. The van der Waals surface area contributed by atoms with Crippen molar-refractivity contribution in [2.75, 3.05) is 10.6 Å². The molecule has 2 N–H and O–H groups in total. The number of rotatable bonds is 5. The number of carbonyl (C=O) groups is 1. The number of amides is 1. The lowest BCUT2D eigenvalue weighted by atomic mass is 10.1. The zero-order valence-electron chi connectivity index (χ0n) is 13.9. The quantitative estimate of drug-likeness (QED) is 0.590. The van der Waals surface area contributed by atoms with Crippen LogP contribution in [0.25, 0.3) is 0 Å². The molecule has 3 rings (SSSR count). The van der Waals surface area contributed by atoms with Gasteiger partial charge < -0.3 is 5.32 Å². The Kier molecular flexibility index (Phi) is 5.82. The van der Waals surface area contributed by atoms with E-state index in [1.54, 1.807) is 0 Å². The standard InChI is InChI=1S/C16H19FN4O3S2/c17-26(23,24)13-9-7-11(8-10-13)14(22)19-16-21-20-15(25-16)18-12-5-3-1-2-4-6-12/h7-10,12H,1-6H2,(H,18,20)(H,19,21,22). The van der Waals surface area contributed by atoms with Gasteiger partial charge in [0.05, 0.1) is 4.90 Å². The van der Waals surface area contributed by atoms with Crippen molar-refractivity contribution in [2.45, 2.75) is 49.5 Å². The lowest BCUT2D eigenvalue weighted by Gasteiger charge is -2.14. The Hall–Kier alpha value is -2.07. The number of carbonyl (C=O) groups excluding carboxylic acids is 1. The number of benzene rings is 1. The van der Waals surface area contributed by atoms with Crippen molar-refractivity contribution in [3.8, 4) is 0 Å². The molecule has 1 aliphatic carbocycles. The molecule has 0 saturated heterocycles. The second-order valence-electron chi connectivity index (χ2n) is 6.16. The highest BCUT2D eigenvalue weighted by molar-refractivity contribution is 7.86. The van der Waals surface area contributed by atoms with Crippen molar-refractivity contribution in [1.29, 1.82) is 0 Å². The second-order valence-corrected chi connectivity index (χ2v) is 8.49. The number of anilines is 2. The Balaban J connectivity index is 1.60. The fraction of sp³-hybridized carbons (Fsp3) is 0.438. The average Bonchev–Trinajstić information content (AvgIpc) is 2.87. The molecule has 1 heterocycles. The molecular weight excluding hydrogens is 379 g/mol. The number of nitrogens with zero attached hydrogens (tertiary/aromatic N) is 2. The number of nitrogens with one attached hydrogen (secondary N) is 2. The van der Waals surface area contributed by atoms with Crippen molar-refractivity contribution in [1.82, 2.24) is 10.2 Å². The summed E-state index contributed by atoms with van der Waals surface area (Å²) in [4.78, 5) is 11.7. The van der Waals surface area contributed by atoms with Gasteiger partial charge in [0.25, 0.3) is 5.91 Å². The molecular formula is C16H19FN4O3S2. The van der Waals surface area contributed by atoms with Crippen LogP contribution in [0, 0.1) is 0 Å². The Labute approximate surface area is 155 Å². The molecule has 1 aromatic carbocycles. The van der Waals surface area contributed by atoms with E-state index in [9.17, 15) is 17.1 Å². The Morgan fingerprint density at radius 1 is 1.04 bits per heavy atom. The normalized spacial score (nSPS) is 16.0. The first-order valence-electron chi connectivity index (χ1n) is 8.38. The van der Waals surface area contributed by atoms with E-state index >= 15 is 0 Å². The van der Waals surface area contributed by atoms with Crippen molar-refractivity contribution < 1.29 is 17.1 Å². The van der Waals surface area contributed by atoms with Gasteiger partial charge in [-0.15, -0.1) is 14.1 Å². The predicted octanol–water partition coefficient (Wildman–Crippen LogP) is 3.58. The van der Waals surface area contributed by atoms with Crippen molar-refractivity contribution in [3.63, 3.8) is 0 Å². The molecule has 1 aliphatic rings. The van der Waals surface area contributed by atoms with Gasteiger partial charge in [-0.25, -0.2) is 0 Å². The Morgan fingerprint density at radius 2 is 1.65 bits per heavy atom. The van der Waals surface area contributed by atoms with E-state index < -0.39 is 21.0 Å². The summed E-state index contributed by atoms with van der Waals surface area (Å²) >= 11 is 1.24. The van der Waals surface area contributed by atoms with Gasteiger partial charge in [0.2, 0.25) is 10.3 Å². The van der Waals surface area contributed by atoms with Crippen molar-refractivity contribution >= 4 is 37.7 Å². The highest BCUT2D eigenvalue weighted by Gasteiger charge is 2.16. The van der Waals surface area contributed by atoms with Crippen LogP contribution >= 0.6 is 11.3 Å². The SMILES string of the molecule is O=C(Nc1nnc(NC2CCCCCC2)s1)c1ccc(S(=O)(=O)F)cc1. The van der Waals surface area contributed by atoms with Crippen LogP contribution in [0.3, 0.4) is 0 Å². The molecule has 2 aromatic rings. The molecule has 1 amide bonds. The lowest BCUT2D eigenvalue weighted by Crippen LogP contribution is -2.17. The van der Waals surface area contributed by atoms with E-state index in [0.717, 1.165) is 25.0 Å². The van der Waals surface area contributed by atoms with Gasteiger partial charge in [0, 0.05) is 11.6 Å². The minimum Gasteiger partial charge on any atom is -0.357 e. The van der Waals surface area contributed by atoms with Crippen LogP contribution in [0.5, 0.6) is 0 Å². The summed E-state index contributed by atoms with van der Waals surface area (Å²) in [6.07, 6.45) is 7.13. The molecule has 7 nitrogen and oxygen atoms in total. The van der Waals surface area contributed by atoms with E-state index in [4.69, 9.17) is 0 Å². The number of aromatic nitrogens is 2. The van der Waals surface area contributed by atoms with E-state index in [1.165, 1.54) is 49.2 Å². The zero-order valence-corrected chi connectivity index (χ0v) is 15.6. The van der Waals surface area contributed by atoms with Crippen LogP contribution in [0.4, 0.5) is 14.1 Å². The third-order valence-electron chi connectivity index (χ3n) is 4.23. The van der Waals surface area contributed by atoms with Gasteiger partial charge in [-0.2, -0.15) is 8.42 Å². The molecule has 1 saturated carbocycles. The minimum atomic E-state index is -4.78. The molecule has 0 bridgehead atoms. The van der Waals surface area contributed by atoms with E-state index in [2.05, 4.69) is 20.8 Å². The average molecular weight is 398 g/mol. The lowest BCUT2D eigenvalue weighted by molar-refractivity contribution is 0.102. The first kappa shape index (κ1) is 18.7. The maximum Gasteiger partial charge on any atom is 0.332 e. The minimum absolute atomic E-state index is 0.200. The largest absolute Gasteiger partial charge is 0.357 e. The molecule has 0 spiro atoms. The number of hydrogen-bond donors (Lipinski definition) is 2. The summed E-state index contributed by atoms with van der Waals surface area (Å²) in [5.74, 6) is -0.468. The summed E-state index contributed by atoms with van der Waals surface area (Å²) < 4.78 is 34.5. The van der Waals surface area contributed by atoms with Gasteiger partial charge in [0.1, 0.15) is 0 Å². The van der Waals surface area contributed by atoms with Crippen molar-refractivity contribution in [2.24, 2.45) is 0 Å². The van der Waals surface area contributed by atoms with E-state index in [-0.39, 0.29) is 5.56 Å². The highest BCUT2D eigenvalue weighted by atomic mass is 32.3. The maximum atomic E-state index is 12.9. The Morgan fingerprint density at radius 3 is 2.27 bits per heavy atom. The molecule has 0 radical (unpaired) electrons. The topological polar surface area (TPSA) is 101 Å². The maximum absolute atomic E-state index is 12.9. The summed E-state index contributed by atoms with van der Waals surface area (Å²) in [5.41, 5.74) is 0.200. The smallest absolute Gasteiger partial charge is 0.332 e. The summed E-state index contributed by atoms with van der Waals surface area (Å²) in [7, 11) is -4.78. The van der Waals surface area contributed by atoms with Crippen LogP contribution in [0.15, 0.2) is 29.2 Å². The predicted molar refractivity (Wildman–Crippen MR) is 97.7 cm³/mol. The molecule has 0 aliphatic heterocycles. The van der Waals surface area contributed by atoms with Gasteiger partial charge in [0.15, 0.2) is 0 Å². The van der Waals surface area contributed by atoms with Crippen LogP contribution in [-0.4, -0.2) is 30.6 Å². The van der Waals surface area contributed by atoms with Crippen LogP contribution in [0.2, 0.25) is 0 Å². The molecule has 10 heteroatoms. The molecule has 0 atom stereocenters. The third kappa shape index (κ3) is 4.98. The number of halogens is 1. The zero-order chi connectivity index (χ0) is 18.6. The van der Waals surface area contributed by atoms with Crippen LogP contribution in [-0.2, 0) is 10.2 Å². The highest BCUT2D eigenvalue weighted by Crippen LogP contribution is 2.25. The second kappa shape index (κ2) is 8.09. The fourth-order valence-corrected chi connectivity index (χ4v) is 4.05. The molecule has 1 aromatic heterocycles. The first-order valence-corrected chi connectivity index (χ1v) is 10.6. The monoisotopic (exact) mass is 398 g/mol. The summed E-state index contributed by atoms with van der Waals surface area (Å²) in [6.45, 7) is 0. The Bertz CT molecular complexity index is 860. The van der Waals surface area contributed by atoms with Gasteiger partial charge in [-0.3, -0.25) is 10.1 Å². The molecule has 1 fully saturated rings. The molecule has 0 unspecified atom stereocenters. The van der Waals surface area contributed by atoms with Gasteiger partial charge in [-0.1, -0.05) is 37.0 Å². The van der Waals surface area contributed by atoms with E-state index in [1.807, 2.05) is 0 Å².